The van der Waals surface area contributed by atoms with E-state index in [9.17, 15) is 4.79 Å². The van der Waals surface area contributed by atoms with Crippen molar-refractivity contribution in [1.82, 2.24) is 0 Å². The quantitative estimate of drug-likeness (QED) is 0.807. The number of ether oxygens (including phenoxy) is 1. The van der Waals surface area contributed by atoms with Crippen LogP contribution in [0, 0.1) is 5.92 Å². The predicted molar refractivity (Wildman–Crippen MR) is 76.3 cm³/mol. The van der Waals surface area contributed by atoms with E-state index < -0.39 is 0 Å². The lowest BCUT2D eigenvalue weighted by Crippen LogP contribution is -2.17. The number of rotatable bonds is 6. The van der Waals surface area contributed by atoms with Gasteiger partial charge in [-0.2, -0.15) is 0 Å². The van der Waals surface area contributed by atoms with E-state index in [0.29, 0.717) is 28.1 Å². The van der Waals surface area contributed by atoms with Gasteiger partial charge in [-0.05, 0) is 30.9 Å². The third kappa shape index (κ3) is 4.76. The Morgan fingerprint density at radius 1 is 1.56 bits per heavy atom. The summed E-state index contributed by atoms with van der Waals surface area (Å²) in [6, 6.07) is 1.58. The van der Waals surface area contributed by atoms with Gasteiger partial charge in [0.15, 0.2) is 0 Å². The van der Waals surface area contributed by atoms with Crippen molar-refractivity contribution in [3.05, 3.63) is 20.3 Å². The first kappa shape index (κ1) is 15.8. The zero-order chi connectivity index (χ0) is 13.7. The molecule has 0 aliphatic rings. The second-order valence-electron chi connectivity index (χ2n) is 4.24. The Kier molecular flexibility index (Phi) is 6.43. The number of carbonyl (C=O) groups excluding carboxylic acids is 1. The van der Waals surface area contributed by atoms with Crippen LogP contribution >= 0.6 is 34.5 Å². The molecule has 0 aliphatic carbocycles. The average Bonchev–Trinajstić information content (AvgIpc) is 2.57. The van der Waals surface area contributed by atoms with E-state index in [4.69, 9.17) is 33.7 Å². The average molecular weight is 310 g/mol. The molecule has 2 N–H and O–H groups in total. The standard InChI is InChI=1S/C12H17Cl2NO2S/c1-3-17-11(16)5-7(2)4-9(15)8-6-10(13)18-12(8)14/h6-7,9H,3-5,15H2,1-2H3. The van der Waals surface area contributed by atoms with Gasteiger partial charge in [-0.3, -0.25) is 4.79 Å². The Balaban J connectivity index is 2.51. The van der Waals surface area contributed by atoms with Gasteiger partial charge in [0.2, 0.25) is 0 Å². The van der Waals surface area contributed by atoms with Gasteiger partial charge in [0.25, 0.3) is 0 Å². The van der Waals surface area contributed by atoms with Crippen molar-refractivity contribution in [3.8, 4) is 0 Å². The summed E-state index contributed by atoms with van der Waals surface area (Å²) in [7, 11) is 0. The minimum atomic E-state index is -0.203. The van der Waals surface area contributed by atoms with Gasteiger partial charge in [-0.25, -0.2) is 0 Å². The molecule has 18 heavy (non-hydrogen) atoms. The molecule has 3 nitrogen and oxygen atoms in total. The summed E-state index contributed by atoms with van der Waals surface area (Å²) in [5, 5.41) is 0. The lowest BCUT2D eigenvalue weighted by atomic mass is 9.96. The summed E-state index contributed by atoms with van der Waals surface area (Å²) in [5.41, 5.74) is 6.92. The van der Waals surface area contributed by atoms with E-state index in [0.717, 1.165) is 5.56 Å². The first-order valence-electron chi connectivity index (χ1n) is 5.80. The molecule has 0 fully saturated rings. The van der Waals surface area contributed by atoms with Crippen molar-refractivity contribution >= 4 is 40.5 Å². The van der Waals surface area contributed by atoms with Crippen LogP contribution in [-0.2, 0) is 9.53 Å². The smallest absolute Gasteiger partial charge is 0.306 e. The van der Waals surface area contributed by atoms with Crippen LogP contribution < -0.4 is 5.73 Å². The molecule has 0 spiro atoms. The molecule has 0 bridgehead atoms. The number of hydrogen-bond acceptors (Lipinski definition) is 4. The molecule has 1 rings (SSSR count). The first-order chi connectivity index (χ1) is 8.43. The summed E-state index contributed by atoms with van der Waals surface area (Å²) in [6.07, 6.45) is 1.04. The highest BCUT2D eigenvalue weighted by Crippen LogP contribution is 2.36. The van der Waals surface area contributed by atoms with Crippen LogP contribution in [0.15, 0.2) is 6.07 Å². The SMILES string of the molecule is CCOC(=O)CC(C)CC(N)c1cc(Cl)sc1Cl. The molecule has 2 unspecified atom stereocenters. The summed E-state index contributed by atoms with van der Waals surface area (Å²) < 4.78 is 6.15. The second kappa shape index (κ2) is 7.34. The van der Waals surface area contributed by atoms with Crippen LogP contribution in [0.2, 0.25) is 8.67 Å². The minimum Gasteiger partial charge on any atom is -0.466 e. The van der Waals surface area contributed by atoms with Gasteiger partial charge in [0.1, 0.15) is 0 Å². The highest BCUT2D eigenvalue weighted by atomic mass is 35.5. The van der Waals surface area contributed by atoms with Crippen LogP contribution in [0.25, 0.3) is 0 Å². The number of hydrogen-bond donors (Lipinski definition) is 1. The molecule has 1 aromatic rings. The lowest BCUT2D eigenvalue weighted by molar-refractivity contribution is -0.144. The Bertz CT molecular complexity index is 409. The summed E-state index contributed by atoms with van der Waals surface area (Å²) in [5.74, 6) is -0.0413. The maximum atomic E-state index is 11.3. The van der Waals surface area contributed by atoms with E-state index in [1.807, 2.05) is 6.92 Å². The third-order valence-corrected chi connectivity index (χ3v) is 4.08. The number of nitrogens with two attached hydrogens (primary N) is 1. The fraction of sp³-hybridized carbons (Fsp3) is 0.583. The van der Waals surface area contributed by atoms with Gasteiger partial charge in [0.05, 0.1) is 15.3 Å². The maximum Gasteiger partial charge on any atom is 0.306 e. The monoisotopic (exact) mass is 309 g/mol. The highest BCUT2D eigenvalue weighted by molar-refractivity contribution is 7.20. The van der Waals surface area contributed by atoms with Gasteiger partial charge in [0, 0.05) is 12.5 Å². The van der Waals surface area contributed by atoms with Crippen molar-refractivity contribution in [2.45, 2.75) is 32.7 Å². The molecule has 1 aromatic heterocycles. The van der Waals surface area contributed by atoms with Crippen molar-refractivity contribution < 1.29 is 9.53 Å². The summed E-state index contributed by atoms with van der Waals surface area (Å²) >= 11 is 13.2. The van der Waals surface area contributed by atoms with Gasteiger partial charge in [-0.15, -0.1) is 11.3 Å². The largest absolute Gasteiger partial charge is 0.466 e. The molecule has 6 heteroatoms. The van der Waals surface area contributed by atoms with E-state index in [1.165, 1.54) is 11.3 Å². The minimum absolute atomic E-state index is 0.147. The molecule has 0 radical (unpaired) electrons. The molecular weight excluding hydrogens is 293 g/mol. The Hall–Kier alpha value is -0.290. The van der Waals surface area contributed by atoms with E-state index >= 15 is 0 Å². The predicted octanol–water partition coefficient (Wildman–Crippen LogP) is 4.03. The zero-order valence-electron chi connectivity index (χ0n) is 10.4. The first-order valence-corrected chi connectivity index (χ1v) is 7.37. The fourth-order valence-corrected chi connectivity index (χ4v) is 3.35. The molecule has 0 aliphatic heterocycles. The van der Waals surface area contributed by atoms with Gasteiger partial charge < -0.3 is 10.5 Å². The van der Waals surface area contributed by atoms with Crippen LogP contribution in [0.5, 0.6) is 0 Å². The second-order valence-corrected chi connectivity index (χ2v) is 6.52. The van der Waals surface area contributed by atoms with Crippen LogP contribution in [0.3, 0.4) is 0 Å². The molecule has 0 amide bonds. The molecular formula is C12H17Cl2NO2S. The molecule has 102 valence electrons. The number of thiophene rings is 1. The lowest BCUT2D eigenvalue weighted by Gasteiger charge is -2.16. The van der Waals surface area contributed by atoms with Crippen LogP contribution in [0.1, 0.15) is 38.3 Å². The molecule has 2 atom stereocenters. The zero-order valence-corrected chi connectivity index (χ0v) is 12.7. The van der Waals surface area contributed by atoms with Crippen molar-refractivity contribution in [3.63, 3.8) is 0 Å². The maximum absolute atomic E-state index is 11.3. The molecule has 0 aromatic carbocycles. The van der Waals surface area contributed by atoms with E-state index in [1.54, 1.807) is 13.0 Å². The normalized spacial score (nSPS) is 14.3. The van der Waals surface area contributed by atoms with Crippen LogP contribution in [0.4, 0.5) is 0 Å². The van der Waals surface area contributed by atoms with Crippen molar-refractivity contribution in [1.29, 1.82) is 0 Å². The van der Waals surface area contributed by atoms with E-state index in [2.05, 4.69) is 0 Å². The van der Waals surface area contributed by atoms with E-state index in [-0.39, 0.29) is 17.9 Å². The van der Waals surface area contributed by atoms with Crippen molar-refractivity contribution in [2.24, 2.45) is 11.7 Å². The Labute approximate surface area is 121 Å². The molecule has 0 saturated heterocycles. The third-order valence-electron chi connectivity index (χ3n) is 2.56. The summed E-state index contributed by atoms with van der Waals surface area (Å²) in [6.45, 7) is 4.17. The Morgan fingerprint density at radius 2 is 2.22 bits per heavy atom. The Morgan fingerprint density at radius 3 is 2.72 bits per heavy atom. The number of esters is 1. The van der Waals surface area contributed by atoms with Gasteiger partial charge >= 0.3 is 5.97 Å². The fourth-order valence-electron chi connectivity index (χ4n) is 1.75. The van der Waals surface area contributed by atoms with Crippen molar-refractivity contribution in [2.75, 3.05) is 6.61 Å². The molecule has 0 saturated carbocycles. The van der Waals surface area contributed by atoms with Crippen LogP contribution in [-0.4, -0.2) is 12.6 Å². The molecule has 1 heterocycles. The van der Waals surface area contributed by atoms with Gasteiger partial charge in [-0.1, -0.05) is 30.1 Å². The summed E-state index contributed by atoms with van der Waals surface area (Å²) in [4.78, 5) is 11.3. The number of halogens is 2. The number of carbonyl (C=O) groups is 1. The topological polar surface area (TPSA) is 52.3 Å². The highest BCUT2D eigenvalue weighted by Gasteiger charge is 2.18.